The number of para-hydroxylation sites is 1. The van der Waals surface area contributed by atoms with Gasteiger partial charge in [-0.25, -0.2) is 4.68 Å². The van der Waals surface area contributed by atoms with Crippen LogP contribution in [0.1, 0.15) is 18.1 Å². The van der Waals surface area contributed by atoms with Gasteiger partial charge in [0.15, 0.2) is 5.76 Å². The summed E-state index contributed by atoms with van der Waals surface area (Å²) in [5, 5.41) is 7.81. The summed E-state index contributed by atoms with van der Waals surface area (Å²) >= 11 is 1.57. The first kappa shape index (κ1) is 16.5. The van der Waals surface area contributed by atoms with Gasteiger partial charge in [0, 0.05) is 17.3 Å². The summed E-state index contributed by atoms with van der Waals surface area (Å²) in [4.78, 5) is 5.42. The molecular weight excluding hydrogens is 342 g/mol. The molecule has 2 heterocycles. The molecule has 0 aliphatic rings. The first-order valence-corrected chi connectivity index (χ1v) is 9.43. The normalized spacial score (nSPS) is 12.5. The van der Waals surface area contributed by atoms with Crippen molar-refractivity contribution in [2.24, 2.45) is 10.1 Å². The number of hydrogen-bond acceptors (Lipinski definition) is 4. The maximum absolute atomic E-state index is 6.03. The van der Waals surface area contributed by atoms with Crippen LogP contribution in [0.4, 0.5) is 0 Å². The van der Waals surface area contributed by atoms with Crippen LogP contribution >= 0.6 is 11.3 Å². The van der Waals surface area contributed by atoms with Crippen LogP contribution in [-0.2, 0) is 0 Å². The Bertz CT molecular complexity index is 1110. The molecule has 0 saturated carbocycles. The highest BCUT2D eigenvalue weighted by Gasteiger charge is 2.12. The van der Waals surface area contributed by atoms with Crippen LogP contribution in [0.5, 0.6) is 0 Å². The molecule has 0 bridgehead atoms. The third-order valence-corrected chi connectivity index (χ3v) is 4.88. The maximum atomic E-state index is 6.03. The Morgan fingerprint density at radius 2 is 2.00 bits per heavy atom. The molecule has 0 unspecified atom stereocenters. The molecule has 0 aliphatic heterocycles. The largest absolute Gasteiger partial charge is 0.454 e. The number of fused-ring (bicyclic) bond motifs is 1. The van der Waals surface area contributed by atoms with Crippen molar-refractivity contribution in [3.8, 4) is 11.5 Å². The fourth-order valence-corrected chi connectivity index (χ4v) is 3.69. The molecule has 4 aromatic rings. The second kappa shape index (κ2) is 7.14. The molecule has 0 N–H and O–H groups in total. The molecule has 0 spiro atoms. The molecule has 2 aromatic heterocycles. The second-order valence-electron chi connectivity index (χ2n) is 6.00. The Hall–Kier alpha value is -2.92. The van der Waals surface area contributed by atoms with Crippen LogP contribution in [0.15, 0.2) is 74.5 Å². The number of rotatable bonds is 4. The molecule has 5 heteroatoms. The van der Waals surface area contributed by atoms with Crippen molar-refractivity contribution in [3.05, 3.63) is 75.9 Å². The lowest BCUT2D eigenvalue weighted by atomic mass is 10.2. The van der Waals surface area contributed by atoms with Gasteiger partial charge in [0.05, 0.1) is 6.21 Å². The van der Waals surface area contributed by atoms with Gasteiger partial charge < -0.3 is 4.42 Å². The Labute approximate surface area is 155 Å². The van der Waals surface area contributed by atoms with E-state index in [1.807, 2.05) is 65.7 Å². The maximum Gasteiger partial charge on any atom is 0.206 e. The Kier molecular flexibility index (Phi) is 4.54. The number of hydrogen-bond donors (Lipinski definition) is 0. The molecule has 0 amide bonds. The van der Waals surface area contributed by atoms with Crippen LogP contribution in [0, 0.1) is 6.92 Å². The Balaban J connectivity index is 1.82. The summed E-state index contributed by atoms with van der Waals surface area (Å²) in [5.41, 5.74) is 4.04. The van der Waals surface area contributed by atoms with Gasteiger partial charge in [-0.05, 0) is 31.5 Å². The van der Waals surface area contributed by atoms with Crippen molar-refractivity contribution in [2.75, 3.05) is 6.54 Å². The van der Waals surface area contributed by atoms with Crippen molar-refractivity contribution in [1.82, 2.24) is 4.68 Å². The minimum Gasteiger partial charge on any atom is -0.454 e. The van der Waals surface area contributed by atoms with E-state index in [9.17, 15) is 0 Å². The monoisotopic (exact) mass is 361 g/mol. The highest BCUT2D eigenvalue weighted by molar-refractivity contribution is 7.07. The number of thiazole rings is 1. The van der Waals surface area contributed by atoms with Crippen LogP contribution in [0.3, 0.4) is 0 Å². The topological polar surface area (TPSA) is 42.8 Å². The van der Waals surface area contributed by atoms with Gasteiger partial charge in [0.1, 0.15) is 11.3 Å². The average molecular weight is 361 g/mol. The highest BCUT2D eigenvalue weighted by Crippen LogP contribution is 2.28. The van der Waals surface area contributed by atoms with Gasteiger partial charge >= 0.3 is 0 Å². The van der Waals surface area contributed by atoms with Gasteiger partial charge in [-0.15, -0.1) is 11.3 Å². The van der Waals surface area contributed by atoms with Crippen molar-refractivity contribution in [3.63, 3.8) is 0 Å². The smallest absolute Gasteiger partial charge is 0.206 e. The minimum absolute atomic E-state index is 0.708. The SMILES string of the molecule is CCN=c1scc(-c2cc3ccccc3o2)n1N=Cc1cccc(C)c1. The van der Waals surface area contributed by atoms with Crippen molar-refractivity contribution in [2.45, 2.75) is 13.8 Å². The van der Waals surface area contributed by atoms with E-state index in [0.29, 0.717) is 6.54 Å². The number of aryl methyl sites for hydroxylation is 1. The van der Waals surface area contributed by atoms with Crippen molar-refractivity contribution >= 4 is 28.5 Å². The molecule has 0 saturated heterocycles. The summed E-state index contributed by atoms with van der Waals surface area (Å²) in [5.74, 6) is 0.793. The molecule has 4 rings (SSSR count). The van der Waals surface area contributed by atoms with Crippen LogP contribution in [0.2, 0.25) is 0 Å². The Morgan fingerprint density at radius 3 is 2.81 bits per heavy atom. The first-order valence-electron chi connectivity index (χ1n) is 8.55. The predicted molar refractivity (Wildman–Crippen MR) is 108 cm³/mol. The number of furan rings is 1. The van der Waals surface area contributed by atoms with Gasteiger partial charge in [-0.3, -0.25) is 4.99 Å². The third-order valence-electron chi connectivity index (χ3n) is 4.02. The third kappa shape index (κ3) is 3.26. The molecular formula is C21H19N3OS. The average Bonchev–Trinajstić information content (AvgIpc) is 3.24. The van der Waals surface area contributed by atoms with Crippen LogP contribution in [0.25, 0.3) is 22.4 Å². The van der Waals surface area contributed by atoms with Gasteiger partial charge in [-0.1, -0.05) is 48.0 Å². The first-order chi connectivity index (χ1) is 12.7. The highest BCUT2D eigenvalue weighted by atomic mass is 32.1. The quantitative estimate of drug-likeness (QED) is 0.468. The molecule has 0 aliphatic carbocycles. The van der Waals surface area contributed by atoms with E-state index < -0.39 is 0 Å². The molecule has 0 atom stereocenters. The second-order valence-corrected chi connectivity index (χ2v) is 6.83. The van der Waals surface area contributed by atoms with E-state index >= 15 is 0 Å². The number of benzene rings is 2. The summed E-state index contributed by atoms with van der Waals surface area (Å²) in [6, 6.07) is 18.3. The standard InChI is InChI=1S/C21H19N3OS/c1-3-22-21-24(23-13-16-8-6-7-15(2)11-16)18(14-26-21)20-12-17-9-4-5-10-19(17)25-20/h4-14H,3H2,1-2H3. The zero-order chi connectivity index (χ0) is 17.9. The van der Waals surface area contributed by atoms with Gasteiger partial charge in [0.25, 0.3) is 0 Å². The van der Waals surface area contributed by atoms with E-state index in [-0.39, 0.29) is 0 Å². The van der Waals surface area contributed by atoms with Gasteiger partial charge in [0.2, 0.25) is 4.80 Å². The summed E-state index contributed by atoms with van der Waals surface area (Å²) in [7, 11) is 0. The van der Waals surface area contributed by atoms with Crippen molar-refractivity contribution in [1.29, 1.82) is 0 Å². The fraction of sp³-hybridized carbons (Fsp3) is 0.143. The van der Waals surface area contributed by atoms with E-state index in [0.717, 1.165) is 32.8 Å². The molecule has 0 fully saturated rings. The van der Waals surface area contributed by atoms with Crippen LogP contribution < -0.4 is 4.80 Å². The van der Waals surface area contributed by atoms with Gasteiger partial charge in [-0.2, -0.15) is 5.10 Å². The zero-order valence-corrected chi connectivity index (χ0v) is 15.5. The zero-order valence-electron chi connectivity index (χ0n) is 14.7. The minimum atomic E-state index is 0.708. The molecule has 130 valence electrons. The number of aromatic nitrogens is 1. The van der Waals surface area contributed by atoms with Crippen molar-refractivity contribution < 1.29 is 4.42 Å². The lowest BCUT2D eigenvalue weighted by Crippen LogP contribution is -2.12. The fourth-order valence-electron chi connectivity index (χ4n) is 2.81. The summed E-state index contributed by atoms with van der Waals surface area (Å²) < 4.78 is 7.88. The van der Waals surface area contributed by atoms with E-state index in [1.54, 1.807) is 11.3 Å². The molecule has 2 aromatic carbocycles. The van der Waals surface area contributed by atoms with E-state index in [1.165, 1.54) is 5.56 Å². The summed E-state index contributed by atoms with van der Waals surface area (Å²) in [6.45, 7) is 4.81. The number of nitrogens with zero attached hydrogens (tertiary/aromatic N) is 3. The lowest BCUT2D eigenvalue weighted by molar-refractivity contribution is 0.621. The predicted octanol–water partition coefficient (Wildman–Crippen LogP) is 5.07. The molecule has 4 nitrogen and oxygen atoms in total. The van der Waals surface area contributed by atoms with Crippen LogP contribution in [-0.4, -0.2) is 17.4 Å². The molecule has 0 radical (unpaired) electrons. The summed E-state index contributed by atoms with van der Waals surface area (Å²) in [6.07, 6.45) is 1.86. The van der Waals surface area contributed by atoms with E-state index in [4.69, 9.17) is 9.52 Å². The van der Waals surface area contributed by atoms with E-state index in [2.05, 4.69) is 24.0 Å². The lowest BCUT2D eigenvalue weighted by Gasteiger charge is -2.01. The molecule has 26 heavy (non-hydrogen) atoms. The Morgan fingerprint density at radius 1 is 1.12 bits per heavy atom.